The summed E-state index contributed by atoms with van der Waals surface area (Å²) < 4.78 is 0. The summed E-state index contributed by atoms with van der Waals surface area (Å²) in [5, 5.41) is 34.4. The fourth-order valence-electron chi connectivity index (χ4n) is 3.14. The van der Waals surface area contributed by atoms with E-state index >= 15 is 0 Å². The molecule has 0 aliphatic carbocycles. The molecule has 0 aliphatic rings. The third-order valence-corrected chi connectivity index (χ3v) is 5.40. The first-order valence-electron chi connectivity index (χ1n) is 11.5. The number of carboxylic acid groups (broad SMARTS) is 3. The van der Waals surface area contributed by atoms with Crippen LogP contribution in [0.2, 0.25) is 0 Å². The van der Waals surface area contributed by atoms with E-state index in [4.69, 9.17) is 15.9 Å². The van der Waals surface area contributed by atoms with Gasteiger partial charge in [-0.3, -0.25) is 24.0 Å². The summed E-state index contributed by atoms with van der Waals surface area (Å²) in [5.41, 5.74) is 5.71. The smallest absolute Gasteiger partial charge is 0.326 e. The maximum atomic E-state index is 13.0. The van der Waals surface area contributed by atoms with Crippen LogP contribution < -0.4 is 21.7 Å². The third-order valence-electron chi connectivity index (χ3n) is 5.40. The van der Waals surface area contributed by atoms with E-state index in [0.717, 1.165) is 0 Å². The molecule has 0 rings (SSSR count). The Morgan fingerprint density at radius 1 is 0.743 bits per heavy atom. The Balaban J connectivity index is 5.60. The van der Waals surface area contributed by atoms with Gasteiger partial charge < -0.3 is 37.0 Å². The van der Waals surface area contributed by atoms with Gasteiger partial charge in [-0.2, -0.15) is 0 Å². The van der Waals surface area contributed by atoms with Crippen molar-refractivity contribution in [1.29, 1.82) is 0 Å². The standard InChI is InChI=1S/C22H38N4O9/c1-5-12(4)18(22(34)35)26-20(32)14(7-9-17(29)30)24-21(33)15(10-11(2)3)25-19(31)13(23)6-8-16(27)28/h11-15,18H,5-10,23H2,1-4H3,(H,24,33)(H,25,31)(H,26,32)(H,27,28)(H,29,30)(H,34,35). The molecule has 13 heteroatoms. The Morgan fingerprint density at radius 2 is 1.23 bits per heavy atom. The lowest BCUT2D eigenvalue weighted by Gasteiger charge is -2.27. The van der Waals surface area contributed by atoms with Crippen molar-refractivity contribution >= 4 is 35.6 Å². The van der Waals surface area contributed by atoms with Crippen molar-refractivity contribution in [3.63, 3.8) is 0 Å². The zero-order chi connectivity index (χ0) is 27.3. The molecular weight excluding hydrogens is 464 g/mol. The number of carboxylic acids is 3. The van der Waals surface area contributed by atoms with Gasteiger partial charge in [0, 0.05) is 12.8 Å². The molecule has 0 aromatic rings. The molecular formula is C22H38N4O9. The Bertz CT molecular complexity index is 772. The highest BCUT2D eigenvalue weighted by atomic mass is 16.4. The largest absolute Gasteiger partial charge is 0.481 e. The summed E-state index contributed by atoms with van der Waals surface area (Å²) in [6.07, 6.45) is -0.656. The minimum Gasteiger partial charge on any atom is -0.481 e. The zero-order valence-corrected chi connectivity index (χ0v) is 20.6. The highest BCUT2D eigenvalue weighted by Gasteiger charge is 2.32. The summed E-state index contributed by atoms with van der Waals surface area (Å²) in [4.78, 5) is 71.5. The van der Waals surface area contributed by atoms with Gasteiger partial charge in [0.05, 0.1) is 6.04 Å². The Hall–Kier alpha value is -3.22. The van der Waals surface area contributed by atoms with Gasteiger partial charge in [0.2, 0.25) is 17.7 Å². The molecule has 0 saturated heterocycles. The van der Waals surface area contributed by atoms with Crippen molar-refractivity contribution in [2.75, 3.05) is 0 Å². The van der Waals surface area contributed by atoms with Gasteiger partial charge in [0.1, 0.15) is 18.1 Å². The van der Waals surface area contributed by atoms with E-state index in [-0.39, 0.29) is 31.6 Å². The second-order valence-corrected chi connectivity index (χ2v) is 8.93. The van der Waals surface area contributed by atoms with E-state index in [0.29, 0.717) is 6.42 Å². The highest BCUT2D eigenvalue weighted by Crippen LogP contribution is 2.11. The van der Waals surface area contributed by atoms with Crippen LogP contribution >= 0.6 is 0 Å². The SMILES string of the molecule is CCC(C)C(NC(=O)C(CCC(=O)O)NC(=O)C(CC(C)C)NC(=O)C(N)CCC(=O)O)C(=O)O. The predicted octanol–water partition coefficient (Wildman–Crippen LogP) is -0.325. The van der Waals surface area contributed by atoms with Gasteiger partial charge in [-0.1, -0.05) is 34.1 Å². The first-order chi connectivity index (χ1) is 16.2. The number of aliphatic carboxylic acids is 3. The van der Waals surface area contributed by atoms with Crippen molar-refractivity contribution in [1.82, 2.24) is 16.0 Å². The monoisotopic (exact) mass is 502 g/mol. The number of rotatable bonds is 17. The first-order valence-corrected chi connectivity index (χ1v) is 11.5. The molecule has 3 amide bonds. The summed E-state index contributed by atoms with van der Waals surface area (Å²) in [6, 6.07) is -4.92. The minimum atomic E-state index is -1.36. The summed E-state index contributed by atoms with van der Waals surface area (Å²) >= 11 is 0. The van der Waals surface area contributed by atoms with Gasteiger partial charge >= 0.3 is 17.9 Å². The fraction of sp³-hybridized carbons (Fsp3) is 0.727. The lowest BCUT2D eigenvalue weighted by Crippen LogP contribution is -2.58. The quantitative estimate of drug-likeness (QED) is 0.137. The van der Waals surface area contributed by atoms with Gasteiger partial charge in [-0.15, -0.1) is 0 Å². The third kappa shape index (κ3) is 12.7. The average Bonchev–Trinajstić information content (AvgIpc) is 2.76. The lowest BCUT2D eigenvalue weighted by molar-refractivity contribution is -0.144. The van der Waals surface area contributed by atoms with Crippen molar-refractivity contribution in [2.45, 2.75) is 90.4 Å². The molecule has 0 aliphatic heterocycles. The number of carbonyl (C=O) groups excluding carboxylic acids is 3. The van der Waals surface area contributed by atoms with Crippen molar-refractivity contribution in [2.24, 2.45) is 17.6 Å². The summed E-state index contributed by atoms with van der Waals surface area (Å²) in [5.74, 6) is -6.50. The molecule has 5 atom stereocenters. The van der Waals surface area contributed by atoms with E-state index in [1.807, 2.05) is 0 Å². The average molecular weight is 503 g/mol. The topological polar surface area (TPSA) is 225 Å². The predicted molar refractivity (Wildman–Crippen MR) is 124 cm³/mol. The van der Waals surface area contributed by atoms with Crippen LogP contribution in [0.3, 0.4) is 0 Å². The van der Waals surface area contributed by atoms with Crippen molar-refractivity contribution < 1.29 is 44.1 Å². The van der Waals surface area contributed by atoms with Gasteiger partial charge in [0.15, 0.2) is 0 Å². The maximum Gasteiger partial charge on any atom is 0.326 e. The molecule has 0 saturated carbocycles. The second kappa shape index (κ2) is 15.6. The number of carbonyl (C=O) groups is 6. The van der Waals surface area contributed by atoms with Gasteiger partial charge in [-0.25, -0.2) is 4.79 Å². The maximum absolute atomic E-state index is 13.0. The van der Waals surface area contributed by atoms with Crippen LogP contribution in [0, 0.1) is 11.8 Å². The number of hydrogen-bond donors (Lipinski definition) is 7. The van der Waals surface area contributed by atoms with Crippen molar-refractivity contribution in [3.8, 4) is 0 Å². The van der Waals surface area contributed by atoms with Crippen LogP contribution in [0.15, 0.2) is 0 Å². The Labute approximate surface area is 204 Å². The van der Waals surface area contributed by atoms with E-state index in [1.165, 1.54) is 0 Å². The number of amides is 3. The fourth-order valence-corrected chi connectivity index (χ4v) is 3.14. The molecule has 0 heterocycles. The van der Waals surface area contributed by atoms with E-state index in [1.54, 1.807) is 27.7 Å². The number of nitrogens with two attached hydrogens (primary N) is 1. The van der Waals surface area contributed by atoms with E-state index in [2.05, 4.69) is 16.0 Å². The van der Waals surface area contributed by atoms with Crippen LogP contribution in [0.5, 0.6) is 0 Å². The molecule has 0 aromatic carbocycles. The molecule has 35 heavy (non-hydrogen) atoms. The van der Waals surface area contributed by atoms with Crippen LogP contribution in [-0.4, -0.2) is 75.1 Å². The summed E-state index contributed by atoms with van der Waals surface area (Å²) in [7, 11) is 0. The molecule has 13 nitrogen and oxygen atoms in total. The van der Waals surface area contributed by atoms with Crippen molar-refractivity contribution in [3.05, 3.63) is 0 Å². The second-order valence-electron chi connectivity index (χ2n) is 8.93. The van der Waals surface area contributed by atoms with Crippen LogP contribution in [0.25, 0.3) is 0 Å². The molecule has 8 N–H and O–H groups in total. The van der Waals surface area contributed by atoms with E-state index < -0.39 is 72.1 Å². The van der Waals surface area contributed by atoms with Gasteiger partial charge in [0.25, 0.3) is 0 Å². The number of nitrogens with one attached hydrogen (secondary N) is 3. The van der Waals surface area contributed by atoms with E-state index in [9.17, 15) is 33.9 Å². The highest BCUT2D eigenvalue weighted by molar-refractivity contribution is 5.94. The molecule has 5 unspecified atom stereocenters. The Kier molecular flexibility index (Phi) is 14.2. The first kappa shape index (κ1) is 31.8. The normalized spacial score (nSPS) is 15.3. The van der Waals surface area contributed by atoms with Crippen LogP contribution in [-0.2, 0) is 28.8 Å². The van der Waals surface area contributed by atoms with Crippen LogP contribution in [0.1, 0.15) is 66.2 Å². The molecule has 0 fully saturated rings. The molecule has 0 aromatic heterocycles. The van der Waals surface area contributed by atoms with Crippen LogP contribution in [0.4, 0.5) is 0 Å². The minimum absolute atomic E-state index is 0.0746. The Morgan fingerprint density at radius 3 is 1.69 bits per heavy atom. The molecule has 0 radical (unpaired) electrons. The van der Waals surface area contributed by atoms with Gasteiger partial charge in [-0.05, 0) is 31.1 Å². The molecule has 200 valence electrons. The molecule has 0 bridgehead atoms. The summed E-state index contributed by atoms with van der Waals surface area (Å²) in [6.45, 7) is 6.95. The lowest BCUT2D eigenvalue weighted by atomic mass is 9.98. The molecule has 0 spiro atoms. The zero-order valence-electron chi connectivity index (χ0n) is 20.6. The number of hydrogen-bond acceptors (Lipinski definition) is 7.